The molecule has 0 aromatic heterocycles. The zero-order valence-corrected chi connectivity index (χ0v) is 11.5. The van der Waals surface area contributed by atoms with Crippen LogP contribution in [0.4, 0.5) is 0 Å². The molecule has 0 fully saturated rings. The Bertz CT molecular complexity index is 476. The van der Waals surface area contributed by atoms with Crippen molar-refractivity contribution in [3.05, 3.63) is 71.3 Å². The molecule has 0 aliphatic rings. The first kappa shape index (κ1) is 13.8. The zero-order valence-electron chi connectivity index (χ0n) is 11.5. The summed E-state index contributed by atoms with van der Waals surface area (Å²) in [5.41, 5.74) is 9.78. The summed E-state index contributed by atoms with van der Waals surface area (Å²) in [4.78, 5) is 0. The van der Waals surface area contributed by atoms with Gasteiger partial charge in [-0.3, -0.25) is 0 Å². The minimum absolute atomic E-state index is 0.214. The molecule has 0 saturated carbocycles. The summed E-state index contributed by atoms with van der Waals surface area (Å²) in [5, 5.41) is 3.51. The molecule has 0 amide bonds. The molecular formula is C17H22N2. The van der Waals surface area contributed by atoms with Crippen LogP contribution in [0, 0.1) is 0 Å². The second-order valence-electron chi connectivity index (χ2n) is 4.75. The molecule has 2 nitrogen and oxygen atoms in total. The Morgan fingerprint density at radius 3 is 2.21 bits per heavy atom. The molecule has 100 valence electrons. The monoisotopic (exact) mass is 254 g/mol. The second kappa shape index (κ2) is 7.07. The van der Waals surface area contributed by atoms with E-state index in [1.54, 1.807) is 0 Å². The van der Waals surface area contributed by atoms with Gasteiger partial charge in [-0.15, -0.1) is 0 Å². The van der Waals surface area contributed by atoms with E-state index in [0.717, 1.165) is 13.0 Å². The molecule has 2 rings (SSSR count). The van der Waals surface area contributed by atoms with Crippen molar-refractivity contribution < 1.29 is 0 Å². The van der Waals surface area contributed by atoms with Gasteiger partial charge in [0.15, 0.2) is 0 Å². The van der Waals surface area contributed by atoms with Crippen LogP contribution in [-0.2, 0) is 13.0 Å². The zero-order chi connectivity index (χ0) is 13.5. The maximum atomic E-state index is 5.88. The van der Waals surface area contributed by atoms with E-state index in [2.05, 4.69) is 60.8 Å². The Labute approximate surface area is 115 Å². The summed E-state index contributed by atoms with van der Waals surface area (Å²) in [7, 11) is 0. The molecule has 1 unspecified atom stereocenters. The van der Waals surface area contributed by atoms with Gasteiger partial charge < -0.3 is 11.1 Å². The van der Waals surface area contributed by atoms with Crippen LogP contribution < -0.4 is 11.1 Å². The van der Waals surface area contributed by atoms with E-state index in [4.69, 9.17) is 5.73 Å². The number of rotatable bonds is 6. The van der Waals surface area contributed by atoms with E-state index in [0.29, 0.717) is 6.54 Å². The molecule has 0 aliphatic carbocycles. The Kier molecular flexibility index (Phi) is 5.13. The minimum atomic E-state index is 0.214. The van der Waals surface area contributed by atoms with Crippen LogP contribution in [0.3, 0.4) is 0 Å². The normalized spacial score (nSPS) is 12.3. The highest BCUT2D eigenvalue weighted by Crippen LogP contribution is 2.14. The first-order valence-corrected chi connectivity index (χ1v) is 6.89. The molecule has 0 aliphatic heterocycles. The summed E-state index contributed by atoms with van der Waals surface area (Å²) < 4.78 is 0. The average Bonchev–Trinajstić information content (AvgIpc) is 2.49. The number of aryl methyl sites for hydroxylation is 1. The van der Waals surface area contributed by atoms with Gasteiger partial charge in [0, 0.05) is 19.1 Å². The minimum Gasteiger partial charge on any atom is -0.329 e. The van der Waals surface area contributed by atoms with Crippen LogP contribution in [0.5, 0.6) is 0 Å². The van der Waals surface area contributed by atoms with Crippen LogP contribution in [0.2, 0.25) is 0 Å². The number of nitrogens with two attached hydrogens (primary N) is 1. The summed E-state index contributed by atoms with van der Waals surface area (Å²) in [5.74, 6) is 0. The van der Waals surface area contributed by atoms with Gasteiger partial charge in [0.1, 0.15) is 0 Å². The number of nitrogens with one attached hydrogen (secondary N) is 1. The number of hydrogen-bond acceptors (Lipinski definition) is 2. The van der Waals surface area contributed by atoms with Crippen LogP contribution in [0.25, 0.3) is 0 Å². The lowest BCUT2D eigenvalue weighted by molar-refractivity contribution is 0.542. The molecule has 0 spiro atoms. The lowest BCUT2D eigenvalue weighted by Gasteiger charge is -2.17. The lowest BCUT2D eigenvalue weighted by Crippen LogP contribution is -2.27. The standard InChI is InChI=1S/C17H22N2/c1-2-14-8-10-16(11-9-14)17(12-18)19-13-15-6-4-3-5-7-15/h3-11,17,19H,2,12-13,18H2,1H3. The fraction of sp³-hybridized carbons (Fsp3) is 0.294. The fourth-order valence-electron chi connectivity index (χ4n) is 2.16. The highest BCUT2D eigenvalue weighted by molar-refractivity contribution is 5.25. The summed E-state index contributed by atoms with van der Waals surface area (Å²) in [6, 6.07) is 19.3. The van der Waals surface area contributed by atoms with Crippen molar-refractivity contribution in [2.24, 2.45) is 5.73 Å². The van der Waals surface area contributed by atoms with Gasteiger partial charge in [0.05, 0.1) is 0 Å². The number of hydrogen-bond donors (Lipinski definition) is 2. The van der Waals surface area contributed by atoms with E-state index in [-0.39, 0.29) is 6.04 Å². The van der Waals surface area contributed by atoms with Crippen molar-refractivity contribution in [2.45, 2.75) is 25.9 Å². The Morgan fingerprint density at radius 1 is 0.947 bits per heavy atom. The molecule has 2 aromatic rings. The topological polar surface area (TPSA) is 38.0 Å². The van der Waals surface area contributed by atoms with Crippen LogP contribution in [0.15, 0.2) is 54.6 Å². The molecule has 1 atom stereocenters. The van der Waals surface area contributed by atoms with E-state index >= 15 is 0 Å². The first-order valence-electron chi connectivity index (χ1n) is 6.89. The van der Waals surface area contributed by atoms with E-state index in [1.807, 2.05) is 6.07 Å². The smallest absolute Gasteiger partial charge is 0.0447 e. The third-order valence-corrected chi connectivity index (χ3v) is 3.42. The molecule has 2 aromatic carbocycles. The fourth-order valence-corrected chi connectivity index (χ4v) is 2.16. The van der Waals surface area contributed by atoms with Crippen LogP contribution in [-0.4, -0.2) is 6.54 Å². The largest absolute Gasteiger partial charge is 0.329 e. The Morgan fingerprint density at radius 2 is 1.63 bits per heavy atom. The van der Waals surface area contributed by atoms with Crippen molar-refractivity contribution >= 4 is 0 Å². The predicted molar refractivity (Wildman–Crippen MR) is 80.9 cm³/mol. The van der Waals surface area contributed by atoms with Crippen molar-refractivity contribution in [1.82, 2.24) is 5.32 Å². The van der Waals surface area contributed by atoms with Crippen molar-refractivity contribution in [1.29, 1.82) is 0 Å². The van der Waals surface area contributed by atoms with Gasteiger partial charge in [0.25, 0.3) is 0 Å². The SMILES string of the molecule is CCc1ccc(C(CN)NCc2ccccc2)cc1. The van der Waals surface area contributed by atoms with E-state index < -0.39 is 0 Å². The third kappa shape index (κ3) is 3.91. The molecule has 3 N–H and O–H groups in total. The van der Waals surface area contributed by atoms with Gasteiger partial charge in [0.2, 0.25) is 0 Å². The second-order valence-corrected chi connectivity index (χ2v) is 4.75. The highest BCUT2D eigenvalue weighted by Gasteiger charge is 2.08. The number of benzene rings is 2. The van der Waals surface area contributed by atoms with Gasteiger partial charge in [-0.2, -0.15) is 0 Å². The van der Waals surface area contributed by atoms with E-state index in [9.17, 15) is 0 Å². The molecule has 0 bridgehead atoms. The summed E-state index contributed by atoms with van der Waals surface area (Å²) >= 11 is 0. The molecule has 2 heteroatoms. The summed E-state index contributed by atoms with van der Waals surface area (Å²) in [6.45, 7) is 3.62. The summed E-state index contributed by atoms with van der Waals surface area (Å²) in [6.07, 6.45) is 1.07. The molecule has 0 heterocycles. The molecular weight excluding hydrogens is 232 g/mol. The maximum Gasteiger partial charge on any atom is 0.0447 e. The van der Waals surface area contributed by atoms with Crippen molar-refractivity contribution in [3.63, 3.8) is 0 Å². The Hall–Kier alpha value is -1.64. The van der Waals surface area contributed by atoms with Gasteiger partial charge >= 0.3 is 0 Å². The van der Waals surface area contributed by atoms with Crippen LogP contribution >= 0.6 is 0 Å². The Balaban J connectivity index is 1.99. The van der Waals surface area contributed by atoms with Gasteiger partial charge in [-0.1, -0.05) is 61.5 Å². The first-order chi connectivity index (χ1) is 9.33. The molecule has 19 heavy (non-hydrogen) atoms. The molecule has 0 radical (unpaired) electrons. The van der Waals surface area contributed by atoms with Gasteiger partial charge in [-0.25, -0.2) is 0 Å². The quantitative estimate of drug-likeness (QED) is 0.831. The molecule has 0 saturated heterocycles. The maximum absolute atomic E-state index is 5.88. The average molecular weight is 254 g/mol. The third-order valence-electron chi connectivity index (χ3n) is 3.42. The van der Waals surface area contributed by atoms with Crippen LogP contribution in [0.1, 0.15) is 29.7 Å². The highest BCUT2D eigenvalue weighted by atomic mass is 14.9. The van der Waals surface area contributed by atoms with Gasteiger partial charge in [-0.05, 0) is 23.1 Å². The lowest BCUT2D eigenvalue weighted by atomic mass is 10.0. The van der Waals surface area contributed by atoms with Crippen molar-refractivity contribution in [3.8, 4) is 0 Å². The van der Waals surface area contributed by atoms with Crippen molar-refractivity contribution in [2.75, 3.05) is 6.54 Å². The predicted octanol–water partition coefficient (Wildman–Crippen LogP) is 3.04. The van der Waals surface area contributed by atoms with E-state index in [1.165, 1.54) is 16.7 Å².